The van der Waals surface area contributed by atoms with Crippen LogP contribution < -0.4 is 0 Å². The van der Waals surface area contributed by atoms with E-state index in [-0.39, 0.29) is 0 Å². The van der Waals surface area contributed by atoms with Crippen molar-refractivity contribution in [2.45, 2.75) is 38.8 Å². The van der Waals surface area contributed by atoms with Crippen molar-refractivity contribution < 1.29 is 0 Å². The summed E-state index contributed by atoms with van der Waals surface area (Å²) in [6.07, 6.45) is 8.95. The standard InChI is InChI=1S/C10H17Si/c1-10(2,3)11(4)9-7-5-6-8-9/h5,7,11H,6H2,1-4H3. The molecule has 0 heterocycles. The van der Waals surface area contributed by atoms with Gasteiger partial charge in [0.1, 0.15) is 0 Å². The predicted octanol–water partition coefficient (Wildman–Crippen LogP) is 2.87. The average Bonchev–Trinajstić information content (AvgIpc) is 2.34. The van der Waals surface area contributed by atoms with E-state index >= 15 is 0 Å². The van der Waals surface area contributed by atoms with Crippen LogP contribution in [0, 0.1) is 6.08 Å². The van der Waals surface area contributed by atoms with E-state index in [1.807, 2.05) is 0 Å². The van der Waals surface area contributed by atoms with Gasteiger partial charge < -0.3 is 0 Å². The molecule has 1 rings (SSSR count). The summed E-state index contributed by atoms with van der Waals surface area (Å²) in [5.74, 6) is 0. The molecule has 0 aromatic carbocycles. The van der Waals surface area contributed by atoms with Gasteiger partial charge in [0.2, 0.25) is 0 Å². The van der Waals surface area contributed by atoms with E-state index in [0.29, 0.717) is 5.04 Å². The van der Waals surface area contributed by atoms with Gasteiger partial charge in [-0.2, -0.15) is 0 Å². The summed E-state index contributed by atoms with van der Waals surface area (Å²) in [4.78, 5) is 0. The zero-order valence-corrected chi connectivity index (χ0v) is 9.09. The van der Waals surface area contributed by atoms with Crippen LogP contribution >= 0.6 is 0 Å². The summed E-state index contributed by atoms with van der Waals surface area (Å²) < 4.78 is 0. The second kappa shape index (κ2) is 2.98. The van der Waals surface area contributed by atoms with E-state index in [4.69, 9.17) is 0 Å². The summed E-state index contributed by atoms with van der Waals surface area (Å²) in [5.41, 5.74) is 0. The van der Waals surface area contributed by atoms with Gasteiger partial charge in [0.15, 0.2) is 0 Å². The Morgan fingerprint density at radius 2 is 2.09 bits per heavy atom. The quantitative estimate of drug-likeness (QED) is 0.524. The molecule has 0 bridgehead atoms. The highest BCUT2D eigenvalue weighted by Crippen LogP contribution is 2.32. The summed E-state index contributed by atoms with van der Waals surface area (Å²) in [5, 5.41) is 2.04. The molecule has 0 fully saturated rings. The van der Waals surface area contributed by atoms with Crippen LogP contribution in [0.3, 0.4) is 0 Å². The lowest BCUT2D eigenvalue weighted by molar-refractivity contribution is 0.743. The van der Waals surface area contributed by atoms with Crippen molar-refractivity contribution in [3.05, 3.63) is 23.4 Å². The summed E-state index contributed by atoms with van der Waals surface area (Å²) in [7, 11) is -0.724. The normalized spacial score (nSPS) is 20.2. The van der Waals surface area contributed by atoms with E-state index < -0.39 is 8.80 Å². The molecule has 0 amide bonds. The minimum Gasteiger partial charge on any atom is -0.0802 e. The van der Waals surface area contributed by atoms with Crippen molar-refractivity contribution >= 4 is 8.80 Å². The first kappa shape index (κ1) is 8.79. The fourth-order valence-electron chi connectivity index (χ4n) is 1.19. The fourth-order valence-corrected chi connectivity index (χ4v) is 2.97. The lowest BCUT2D eigenvalue weighted by Gasteiger charge is -2.25. The molecule has 0 saturated carbocycles. The smallest absolute Gasteiger partial charge is 0.0734 e. The van der Waals surface area contributed by atoms with Crippen LogP contribution in [-0.2, 0) is 0 Å². The van der Waals surface area contributed by atoms with Crippen molar-refractivity contribution in [1.82, 2.24) is 0 Å². The maximum absolute atomic E-state index is 3.43. The molecule has 1 radical (unpaired) electrons. The molecule has 0 N–H and O–H groups in total. The van der Waals surface area contributed by atoms with Crippen molar-refractivity contribution in [2.75, 3.05) is 0 Å². The molecule has 0 saturated heterocycles. The molecular weight excluding hydrogens is 148 g/mol. The SMILES string of the molecule is C[SiH](C1=[C]CC=C1)C(C)(C)C. The monoisotopic (exact) mass is 165 g/mol. The van der Waals surface area contributed by atoms with E-state index in [9.17, 15) is 0 Å². The van der Waals surface area contributed by atoms with Crippen LogP contribution in [-0.4, -0.2) is 8.80 Å². The molecule has 0 aliphatic heterocycles. The lowest BCUT2D eigenvalue weighted by atomic mass is 10.2. The molecule has 0 aromatic rings. The fraction of sp³-hybridized carbons (Fsp3) is 0.600. The molecule has 1 unspecified atom stereocenters. The Morgan fingerprint density at radius 1 is 1.45 bits per heavy atom. The maximum atomic E-state index is 3.43. The first-order valence-electron chi connectivity index (χ1n) is 4.29. The molecule has 0 aromatic heterocycles. The molecule has 0 spiro atoms. The Hall–Kier alpha value is -0.303. The zero-order valence-electron chi connectivity index (χ0n) is 7.94. The number of hydrogen-bond donors (Lipinski definition) is 0. The van der Waals surface area contributed by atoms with Crippen LogP contribution in [0.25, 0.3) is 0 Å². The summed E-state index contributed by atoms with van der Waals surface area (Å²) >= 11 is 0. The van der Waals surface area contributed by atoms with Gasteiger partial charge in [-0.1, -0.05) is 44.7 Å². The van der Waals surface area contributed by atoms with Crippen LogP contribution in [0.1, 0.15) is 27.2 Å². The average molecular weight is 165 g/mol. The van der Waals surface area contributed by atoms with E-state index in [1.165, 1.54) is 5.20 Å². The van der Waals surface area contributed by atoms with E-state index in [1.54, 1.807) is 0 Å². The topological polar surface area (TPSA) is 0 Å². The van der Waals surface area contributed by atoms with Gasteiger partial charge in [0, 0.05) is 0 Å². The molecular formula is C10H17Si. The van der Waals surface area contributed by atoms with Crippen molar-refractivity contribution in [3.8, 4) is 0 Å². The van der Waals surface area contributed by atoms with Gasteiger partial charge in [0.05, 0.1) is 8.80 Å². The first-order valence-corrected chi connectivity index (χ1v) is 6.60. The maximum Gasteiger partial charge on any atom is 0.0734 e. The van der Waals surface area contributed by atoms with Crippen LogP contribution in [0.5, 0.6) is 0 Å². The minimum atomic E-state index is -0.724. The second-order valence-corrected chi connectivity index (χ2v) is 8.12. The second-order valence-electron chi connectivity index (χ2n) is 4.33. The van der Waals surface area contributed by atoms with Gasteiger partial charge >= 0.3 is 0 Å². The molecule has 0 nitrogen and oxygen atoms in total. The molecule has 1 aliphatic rings. The Morgan fingerprint density at radius 3 is 2.45 bits per heavy atom. The van der Waals surface area contributed by atoms with Gasteiger partial charge in [0.25, 0.3) is 0 Å². The third kappa shape index (κ3) is 2.06. The summed E-state index contributed by atoms with van der Waals surface area (Å²) in [6.45, 7) is 9.43. The van der Waals surface area contributed by atoms with Gasteiger partial charge in [-0.3, -0.25) is 0 Å². The number of allylic oxidation sites excluding steroid dienone is 4. The molecule has 61 valence electrons. The zero-order chi connectivity index (χ0) is 8.48. The molecule has 1 aliphatic carbocycles. The Bertz CT molecular complexity index is 193. The third-order valence-electron chi connectivity index (χ3n) is 2.49. The highest BCUT2D eigenvalue weighted by molar-refractivity contribution is 6.69. The van der Waals surface area contributed by atoms with E-state index in [0.717, 1.165) is 6.42 Å². The molecule has 1 atom stereocenters. The van der Waals surface area contributed by atoms with Crippen LogP contribution in [0.2, 0.25) is 11.6 Å². The summed E-state index contributed by atoms with van der Waals surface area (Å²) in [6, 6.07) is 0. The van der Waals surface area contributed by atoms with Crippen molar-refractivity contribution in [1.29, 1.82) is 0 Å². The lowest BCUT2D eigenvalue weighted by Crippen LogP contribution is -2.23. The minimum absolute atomic E-state index is 0.511. The largest absolute Gasteiger partial charge is 0.0802 e. The number of rotatable bonds is 1. The Labute approximate surface area is 71.6 Å². The third-order valence-corrected chi connectivity index (χ3v) is 6.41. The Balaban J connectivity index is 2.68. The number of hydrogen-bond acceptors (Lipinski definition) is 0. The highest BCUT2D eigenvalue weighted by Gasteiger charge is 2.24. The Kier molecular flexibility index (Phi) is 2.38. The van der Waals surface area contributed by atoms with Crippen molar-refractivity contribution in [2.24, 2.45) is 0 Å². The highest BCUT2D eigenvalue weighted by atomic mass is 28.3. The van der Waals surface area contributed by atoms with Crippen LogP contribution in [0.4, 0.5) is 0 Å². The van der Waals surface area contributed by atoms with Gasteiger partial charge in [-0.15, -0.1) is 0 Å². The van der Waals surface area contributed by atoms with Crippen molar-refractivity contribution in [3.63, 3.8) is 0 Å². The predicted molar refractivity (Wildman–Crippen MR) is 53.2 cm³/mol. The van der Waals surface area contributed by atoms with Crippen LogP contribution in [0.15, 0.2) is 17.3 Å². The van der Waals surface area contributed by atoms with Gasteiger partial charge in [-0.25, -0.2) is 0 Å². The van der Waals surface area contributed by atoms with E-state index in [2.05, 4.69) is 45.5 Å². The van der Waals surface area contributed by atoms with Gasteiger partial charge in [-0.05, 0) is 17.5 Å². The molecule has 11 heavy (non-hydrogen) atoms. The molecule has 1 heteroatoms. The first-order chi connectivity index (χ1) is 5.02.